The molecule has 4 rings (SSSR count). The predicted molar refractivity (Wildman–Crippen MR) is 118 cm³/mol. The maximum absolute atomic E-state index is 9.57. The molecule has 4 heteroatoms. The fourth-order valence-electron chi connectivity index (χ4n) is 2.90. The third-order valence-corrected chi connectivity index (χ3v) is 5.41. The summed E-state index contributed by atoms with van der Waals surface area (Å²) in [6.45, 7) is 0. The first-order valence-electron chi connectivity index (χ1n) is 8.72. The fourth-order valence-corrected chi connectivity index (χ4v) is 3.89. The van der Waals surface area contributed by atoms with Gasteiger partial charge in [0.25, 0.3) is 0 Å². The van der Waals surface area contributed by atoms with E-state index in [9.17, 15) is 5.26 Å². The number of benzene rings is 3. The lowest BCUT2D eigenvalue weighted by molar-refractivity contribution is 1.37. The topological polar surface area (TPSA) is 36.7 Å². The number of halogens is 1. The number of thiazole rings is 1. The van der Waals surface area contributed by atoms with Gasteiger partial charge in [-0.3, -0.25) is 0 Å². The molecule has 0 radical (unpaired) electrons. The second-order valence-electron chi connectivity index (χ2n) is 6.21. The molecule has 1 aromatic heterocycles. The third kappa shape index (κ3) is 4.04. The molecule has 0 amide bonds. The van der Waals surface area contributed by atoms with Crippen LogP contribution in [0.2, 0.25) is 5.02 Å². The Hall–Kier alpha value is -3.19. The molecule has 0 unspecified atom stereocenters. The minimum absolute atomic E-state index is 0.527. The number of nitrogens with zero attached hydrogens (tertiary/aromatic N) is 2. The van der Waals surface area contributed by atoms with Crippen LogP contribution in [0.1, 0.15) is 10.6 Å². The summed E-state index contributed by atoms with van der Waals surface area (Å²) in [6.07, 6.45) is 1.81. The molecule has 0 bridgehead atoms. The van der Waals surface area contributed by atoms with Crippen LogP contribution in [-0.2, 0) is 0 Å². The highest BCUT2D eigenvalue weighted by molar-refractivity contribution is 7.11. The van der Waals surface area contributed by atoms with E-state index < -0.39 is 0 Å². The van der Waals surface area contributed by atoms with Crippen molar-refractivity contribution in [2.75, 3.05) is 0 Å². The Kier molecular flexibility index (Phi) is 5.34. The minimum Gasteiger partial charge on any atom is -0.235 e. The maximum Gasteiger partial charge on any atom is 0.134 e. The molecule has 0 aliphatic heterocycles. The van der Waals surface area contributed by atoms with Crippen molar-refractivity contribution >= 4 is 34.6 Å². The highest BCUT2D eigenvalue weighted by atomic mass is 35.5. The Morgan fingerprint density at radius 2 is 1.61 bits per heavy atom. The Balaban J connectivity index is 1.61. The molecular weight excluding hydrogens is 384 g/mol. The summed E-state index contributed by atoms with van der Waals surface area (Å²) in [5.74, 6) is 0. The summed E-state index contributed by atoms with van der Waals surface area (Å²) < 4.78 is 0. The van der Waals surface area contributed by atoms with E-state index in [0.717, 1.165) is 16.8 Å². The van der Waals surface area contributed by atoms with Crippen molar-refractivity contribution in [2.45, 2.75) is 0 Å². The molecule has 0 spiro atoms. The van der Waals surface area contributed by atoms with E-state index in [1.165, 1.54) is 22.5 Å². The third-order valence-electron chi connectivity index (χ3n) is 4.30. The minimum atomic E-state index is 0.527. The molecular formula is C24H15ClN2S. The Morgan fingerprint density at radius 1 is 0.893 bits per heavy atom. The highest BCUT2D eigenvalue weighted by Gasteiger charge is 2.09. The monoisotopic (exact) mass is 398 g/mol. The van der Waals surface area contributed by atoms with Crippen molar-refractivity contribution in [3.8, 4) is 28.5 Å². The number of nitriles is 1. The van der Waals surface area contributed by atoms with Gasteiger partial charge in [0, 0.05) is 16.0 Å². The lowest BCUT2D eigenvalue weighted by Crippen LogP contribution is -1.84. The van der Waals surface area contributed by atoms with Crippen LogP contribution in [0.5, 0.6) is 0 Å². The second-order valence-corrected chi connectivity index (χ2v) is 7.50. The van der Waals surface area contributed by atoms with Crippen LogP contribution in [0.15, 0.2) is 84.2 Å². The van der Waals surface area contributed by atoms with Crippen LogP contribution >= 0.6 is 22.9 Å². The normalized spacial score (nSPS) is 11.2. The summed E-state index contributed by atoms with van der Waals surface area (Å²) in [6, 6.07) is 28.3. The van der Waals surface area contributed by atoms with E-state index in [1.807, 2.05) is 53.9 Å². The summed E-state index contributed by atoms with van der Waals surface area (Å²) in [5.41, 5.74) is 5.66. The molecule has 134 valence electrons. The average Bonchev–Trinajstić information content (AvgIpc) is 3.23. The molecule has 0 aliphatic rings. The van der Waals surface area contributed by atoms with Gasteiger partial charge < -0.3 is 0 Å². The smallest absolute Gasteiger partial charge is 0.134 e. The van der Waals surface area contributed by atoms with Gasteiger partial charge in [-0.15, -0.1) is 11.3 Å². The lowest BCUT2D eigenvalue weighted by Gasteiger charge is -2.02. The van der Waals surface area contributed by atoms with Crippen LogP contribution < -0.4 is 0 Å². The number of allylic oxidation sites excluding steroid dienone is 1. The Bertz CT molecular complexity index is 1170. The van der Waals surface area contributed by atoms with E-state index in [-0.39, 0.29) is 0 Å². The molecule has 3 aromatic carbocycles. The number of hydrogen-bond acceptors (Lipinski definition) is 3. The average molecular weight is 399 g/mol. The van der Waals surface area contributed by atoms with Crippen molar-refractivity contribution in [3.05, 3.63) is 99.8 Å². The van der Waals surface area contributed by atoms with Gasteiger partial charge >= 0.3 is 0 Å². The van der Waals surface area contributed by atoms with Gasteiger partial charge in [0.2, 0.25) is 0 Å². The van der Waals surface area contributed by atoms with Gasteiger partial charge in [-0.1, -0.05) is 78.3 Å². The van der Waals surface area contributed by atoms with E-state index in [1.54, 1.807) is 0 Å². The first-order valence-corrected chi connectivity index (χ1v) is 9.98. The second kappa shape index (κ2) is 8.22. The van der Waals surface area contributed by atoms with Gasteiger partial charge in [0.05, 0.1) is 11.3 Å². The molecule has 0 saturated carbocycles. The molecule has 2 nitrogen and oxygen atoms in total. The van der Waals surface area contributed by atoms with Crippen LogP contribution in [0, 0.1) is 11.3 Å². The summed E-state index contributed by atoms with van der Waals surface area (Å²) >= 11 is 7.50. The van der Waals surface area contributed by atoms with E-state index in [2.05, 4.69) is 47.5 Å². The summed E-state index contributed by atoms with van der Waals surface area (Å²) in [5, 5.41) is 12.9. The van der Waals surface area contributed by atoms with Crippen LogP contribution in [0.3, 0.4) is 0 Å². The largest absolute Gasteiger partial charge is 0.235 e. The Morgan fingerprint density at radius 3 is 2.32 bits per heavy atom. The number of hydrogen-bond donors (Lipinski definition) is 0. The zero-order valence-electron chi connectivity index (χ0n) is 14.8. The number of aromatic nitrogens is 1. The molecule has 1 heterocycles. The maximum atomic E-state index is 9.57. The summed E-state index contributed by atoms with van der Waals surface area (Å²) in [4.78, 5) is 4.67. The van der Waals surface area contributed by atoms with Gasteiger partial charge in [-0.2, -0.15) is 5.26 Å². The van der Waals surface area contributed by atoms with Crippen LogP contribution in [0.4, 0.5) is 0 Å². The molecule has 0 fully saturated rings. The zero-order valence-corrected chi connectivity index (χ0v) is 16.4. The van der Waals surface area contributed by atoms with E-state index in [4.69, 9.17) is 11.6 Å². The van der Waals surface area contributed by atoms with Gasteiger partial charge in [0.1, 0.15) is 11.1 Å². The summed E-state index contributed by atoms with van der Waals surface area (Å²) in [7, 11) is 0. The van der Waals surface area contributed by atoms with E-state index in [0.29, 0.717) is 15.6 Å². The number of rotatable bonds is 4. The molecule has 4 aromatic rings. The zero-order chi connectivity index (χ0) is 19.3. The fraction of sp³-hybridized carbons (Fsp3) is 0. The highest BCUT2D eigenvalue weighted by Crippen LogP contribution is 2.29. The van der Waals surface area contributed by atoms with Crippen molar-refractivity contribution in [1.29, 1.82) is 5.26 Å². The van der Waals surface area contributed by atoms with Crippen LogP contribution in [-0.4, -0.2) is 4.98 Å². The quantitative estimate of drug-likeness (QED) is 0.341. The van der Waals surface area contributed by atoms with Crippen molar-refractivity contribution in [1.82, 2.24) is 4.98 Å². The SMILES string of the molecule is N#CC(=Cc1cccc(Cl)c1)c1nc(-c2ccc(-c3ccccc3)cc2)cs1. The van der Waals surface area contributed by atoms with Crippen molar-refractivity contribution in [3.63, 3.8) is 0 Å². The first kappa shape index (κ1) is 18.2. The molecule has 0 aliphatic carbocycles. The van der Waals surface area contributed by atoms with Gasteiger partial charge in [-0.25, -0.2) is 4.98 Å². The van der Waals surface area contributed by atoms with E-state index >= 15 is 0 Å². The molecule has 0 saturated heterocycles. The van der Waals surface area contributed by atoms with Crippen LogP contribution in [0.25, 0.3) is 34.0 Å². The standard InChI is InChI=1S/C24H15ClN2S/c25-22-8-4-5-17(14-22)13-21(15-26)24-27-23(16-28-24)20-11-9-19(10-12-20)18-6-2-1-3-7-18/h1-14,16H. The van der Waals surface area contributed by atoms with Gasteiger partial charge in [0.15, 0.2) is 0 Å². The Labute approximate surface area is 173 Å². The lowest BCUT2D eigenvalue weighted by atomic mass is 10.0. The first-order chi connectivity index (χ1) is 13.7. The van der Waals surface area contributed by atoms with Crippen molar-refractivity contribution < 1.29 is 0 Å². The molecule has 0 N–H and O–H groups in total. The van der Waals surface area contributed by atoms with Crippen molar-refractivity contribution in [2.24, 2.45) is 0 Å². The molecule has 28 heavy (non-hydrogen) atoms. The molecule has 0 atom stereocenters. The van der Waals surface area contributed by atoms with Gasteiger partial charge in [-0.05, 0) is 34.9 Å². The predicted octanol–water partition coefficient (Wildman–Crippen LogP) is 7.19.